The predicted octanol–water partition coefficient (Wildman–Crippen LogP) is 0.385. The molecule has 1 amide bonds. The summed E-state index contributed by atoms with van der Waals surface area (Å²) in [5, 5.41) is 0. The fourth-order valence-corrected chi connectivity index (χ4v) is 1.65. The van der Waals surface area contributed by atoms with Gasteiger partial charge in [-0.3, -0.25) is 4.79 Å². The second-order valence-electron chi connectivity index (χ2n) is 3.85. The molecular formula is C11H20N2O2. The Bertz CT molecular complexity index is 241. The van der Waals surface area contributed by atoms with E-state index in [-0.39, 0.29) is 17.9 Å². The van der Waals surface area contributed by atoms with E-state index in [9.17, 15) is 4.79 Å². The third kappa shape index (κ3) is 3.64. The molecule has 4 heteroatoms. The van der Waals surface area contributed by atoms with Crippen LogP contribution in [-0.2, 0) is 9.53 Å². The average Bonchev–Trinajstić information content (AvgIpc) is 2.64. The molecule has 1 aliphatic rings. The van der Waals surface area contributed by atoms with Crippen molar-refractivity contribution in [1.29, 1.82) is 0 Å². The lowest BCUT2D eigenvalue weighted by atomic mass is 10.1. The van der Waals surface area contributed by atoms with Gasteiger partial charge in [0, 0.05) is 26.2 Å². The summed E-state index contributed by atoms with van der Waals surface area (Å²) >= 11 is 0. The molecule has 15 heavy (non-hydrogen) atoms. The molecule has 0 aromatic heterocycles. The molecule has 0 radical (unpaired) electrons. The van der Waals surface area contributed by atoms with E-state index in [1.54, 1.807) is 11.9 Å². The minimum atomic E-state index is -0.0355. The Morgan fingerprint density at radius 1 is 1.60 bits per heavy atom. The molecule has 4 nitrogen and oxygen atoms in total. The van der Waals surface area contributed by atoms with E-state index in [2.05, 4.69) is 0 Å². The molecule has 0 spiro atoms. The van der Waals surface area contributed by atoms with Crippen molar-refractivity contribution < 1.29 is 9.53 Å². The van der Waals surface area contributed by atoms with E-state index < -0.39 is 0 Å². The third-order valence-corrected chi connectivity index (χ3v) is 2.59. The molecule has 0 aliphatic heterocycles. The van der Waals surface area contributed by atoms with Gasteiger partial charge in [-0.1, -0.05) is 12.2 Å². The van der Waals surface area contributed by atoms with Crippen LogP contribution in [0.1, 0.15) is 13.3 Å². The van der Waals surface area contributed by atoms with E-state index in [4.69, 9.17) is 10.5 Å². The molecule has 0 aromatic carbocycles. The van der Waals surface area contributed by atoms with Gasteiger partial charge in [-0.15, -0.1) is 0 Å². The van der Waals surface area contributed by atoms with Gasteiger partial charge >= 0.3 is 0 Å². The van der Waals surface area contributed by atoms with Crippen LogP contribution < -0.4 is 5.73 Å². The quantitative estimate of drug-likeness (QED) is 0.529. The molecule has 1 rings (SSSR count). The fraction of sp³-hybridized carbons (Fsp3) is 0.727. The molecule has 0 saturated heterocycles. The van der Waals surface area contributed by atoms with Crippen molar-refractivity contribution in [1.82, 2.24) is 4.90 Å². The Kier molecular flexibility index (Phi) is 4.78. The maximum Gasteiger partial charge on any atom is 0.229 e. The summed E-state index contributed by atoms with van der Waals surface area (Å²) in [5.41, 5.74) is 5.70. The van der Waals surface area contributed by atoms with E-state index in [1.807, 2.05) is 19.1 Å². The average molecular weight is 212 g/mol. The molecule has 2 N–H and O–H groups in total. The summed E-state index contributed by atoms with van der Waals surface area (Å²) in [6, 6.07) is 0.0410. The van der Waals surface area contributed by atoms with Crippen LogP contribution in [0, 0.1) is 5.92 Å². The van der Waals surface area contributed by atoms with Crippen molar-refractivity contribution in [2.45, 2.75) is 19.4 Å². The summed E-state index contributed by atoms with van der Waals surface area (Å²) < 4.78 is 5.20. The predicted molar refractivity (Wildman–Crippen MR) is 59.4 cm³/mol. The smallest absolute Gasteiger partial charge is 0.229 e. The zero-order valence-electron chi connectivity index (χ0n) is 9.48. The number of nitrogens with zero attached hydrogens (tertiary/aromatic N) is 1. The van der Waals surface area contributed by atoms with Gasteiger partial charge in [0.25, 0.3) is 0 Å². The minimum Gasteiger partial charge on any atom is -0.380 e. The standard InChI is InChI=1S/C11H20N2O2/c1-3-15-7-6-13(2)11(14)9-4-5-10(12)8-9/h4-5,9-10H,3,6-8,12H2,1-2H3. The zero-order valence-corrected chi connectivity index (χ0v) is 9.48. The lowest BCUT2D eigenvalue weighted by Gasteiger charge is -2.20. The van der Waals surface area contributed by atoms with Crippen LogP contribution >= 0.6 is 0 Å². The Hall–Kier alpha value is -0.870. The zero-order chi connectivity index (χ0) is 11.3. The van der Waals surface area contributed by atoms with Gasteiger partial charge in [-0.2, -0.15) is 0 Å². The first kappa shape index (κ1) is 12.2. The van der Waals surface area contributed by atoms with Crippen LogP contribution in [0.15, 0.2) is 12.2 Å². The third-order valence-electron chi connectivity index (χ3n) is 2.59. The maximum atomic E-state index is 11.8. The van der Waals surface area contributed by atoms with Gasteiger partial charge in [0.1, 0.15) is 0 Å². The van der Waals surface area contributed by atoms with Crippen LogP contribution in [0.4, 0.5) is 0 Å². The fourth-order valence-electron chi connectivity index (χ4n) is 1.65. The number of hydrogen-bond acceptors (Lipinski definition) is 3. The highest BCUT2D eigenvalue weighted by molar-refractivity contribution is 5.81. The second kappa shape index (κ2) is 5.88. The normalized spacial score (nSPS) is 24.5. The number of ether oxygens (including phenoxy) is 1. The summed E-state index contributed by atoms with van der Waals surface area (Å²) in [6.07, 6.45) is 4.54. The Morgan fingerprint density at radius 2 is 2.33 bits per heavy atom. The lowest BCUT2D eigenvalue weighted by Crippen LogP contribution is -2.35. The van der Waals surface area contributed by atoms with Gasteiger partial charge in [0.2, 0.25) is 5.91 Å². The van der Waals surface area contributed by atoms with E-state index >= 15 is 0 Å². The van der Waals surface area contributed by atoms with Crippen LogP contribution in [0.25, 0.3) is 0 Å². The van der Waals surface area contributed by atoms with Gasteiger partial charge in [0.05, 0.1) is 12.5 Å². The summed E-state index contributed by atoms with van der Waals surface area (Å²) in [6.45, 7) is 3.88. The number of hydrogen-bond donors (Lipinski definition) is 1. The number of likely N-dealkylation sites (N-methyl/N-ethyl adjacent to an activating group) is 1. The van der Waals surface area contributed by atoms with Crippen molar-refractivity contribution in [2.24, 2.45) is 11.7 Å². The van der Waals surface area contributed by atoms with Crippen molar-refractivity contribution >= 4 is 5.91 Å². The van der Waals surface area contributed by atoms with Crippen molar-refractivity contribution in [3.05, 3.63) is 12.2 Å². The van der Waals surface area contributed by atoms with Crippen molar-refractivity contribution in [3.8, 4) is 0 Å². The first-order valence-corrected chi connectivity index (χ1v) is 5.41. The van der Waals surface area contributed by atoms with Gasteiger partial charge in [-0.05, 0) is 13.3 Å². The topological polar surface area (TPSA) is 55.6 Å². The molecule has 0 fully saturated rings. The molecule has 86 valence electrons. The van der Waals surface area contributed by atoms with E-state index in [0.29, 0.717) is 19.8 Å². The first-order valence-electron chi connectivity index (χ1n) is 5.41. The Morgan fingerprint density at radius 3 is 2.87 bits per heavy atom. The molecule has 2 unspecified atom stereocenters. The molecular weight excluding hydrogens is 192 g/mol. The van der Waals surface area contributed by atoms with Crippen LogP contribution in [0.5, 0.6) is 0 Å². The molecule has 0 saturated carbocycles. The lowest BCUT2D eigenvalue weighted by molar-refractivity contribution is -0.133. The molecule has 1 aliphatic carbocycles. The van der Waals surface area contributed by atoms with Crippen molar-refractivity contribution in [2.75, 3.05) is 26.8 Å². The monoisotopic (exact) mass is 212 g/mol. The highest BCUT2D eigenvalue weighted by Gasteiger charge is 2.24. The molecule has 0 heterocycles. The highest BCUT2D eigenvalue weighted by atomic mass is 16.5. The molecule has 0 bridgehead atoms. The number of carbonyl (C=O) groups excluding carboxylic acids is 1. The Balaban J connectivity index is 2.30. The molecule has 0 aromatic rings. The van der Waals surface area contributed by atoms with Crippen molar-refractivity contribution in [3.63, 3.8) is 0 Å². The SMILES string of the molecule is CCOCCN(C)C(=O)C1C=CC(N)C1. The van der Waals surface area contributed by atoms with Crippen LogP contribution in [-0.4, -0.2) is 43.7 Å². The summed E-state index contributed by atoms with van der Waals surface area (Å²) in [5.74, 6) is 0.102. The van der Waals surface area contributed by atoms with Gasteiger partial charge in [0.15, 0.2) is 0 Å². The second-order valence-corrected chi connectivity index (χ2v) is 3.85. The number of rotatable bonds is 5. The number of carbonyl (C=O) groups is 1. The number of amides is 1. The van der Waals surface area contributed by atoms with Crippen LogP contribution in [0.3, 0.4) is 0 Å². The van der Waals surface area contributed by atoms with Crippen LogP contribution in [0.2, 0.25) is 0 Å². The van der Waals surface area contributed by atoms with Gasteiger partial charge in [-0.25, -0.2) is 0 Å². The summed E-state index contributed by atoms with van der Waals surface area (Å²) in [4.78, 5) is 13.6. The summed E-state index contributed by atoms with van der Waals surface area (Å²) in [7, 11) is 1.80. The van der Waals surface area contributed by atoms with E-state index in [1.165, 1.54) is 0 Å². The Labute approximate surface area is 91.1 Å². The first-order chi connectivity index (χ1) is 7.15. The van der Waals surface area contributed by atoms with Gasteiger partial charge < -0.3 is 15.4 Å². The highest BCUT2D eigenvalue weighted by Crippen LogP contribution is 2.18. The maximum absolute atomic E-state index is 11.8. The van der Waals surface area contributed by atoms with E-state index in [0.717, 1.165) is 6.42 Å². The molecule has 2 atom stereocenters. The largest absolute Gasteiger partial charge is 0.380 e. The minimum absolute atomic E-state index is 0.0355. The number of nitrogens with two attached hydrogens (primary N) is 1.